The van der Waals surface area contributed by atoms with E-state index in [-0.39, 0.29) is 29.5 Å². The summed E-state index contributed by atoms with van der Waals surface area (Å²) in [6, 6.07) is 28.9. The van der Waals surface area contributed by atoms with Gasteiger partial charge in [0.25, 0.3) is 10.0 Å². The van der Waals surface area contributed by atoms with E-state index in [9.17, 15) is 18.0 Å². The fourth-order valence-electron chi connectivity index (χ4n) is 4.73. The van der Waals surface area contributed by atoms with Gasteiger partial charge in [-0.1, -0.05) is 94.3 Å². The molecule has 0 spiro atoms. The minimum atomic E-state index is -4.20. The molecule has 0 aliphatic carbocycles. The van der Waals surface area contributed by atoms with E-state index in [0.29, 0.717) is 17.1 Å². The van der Waals surface area contributed by atoms with Gasteiger partial charge in [-0.25, -0.2) is 8.42 Å². The average Bonchev–Trinajstić information content (AvgIpc) is 3.01. The molecule has 7 nitrogen and oxygen atoms in total. The highest BCUT2D eigenvalue weighted by atomic mass is 79.9. The SMILES string of the molecule is CCNC(=O)[C@@H](Cc1ccccc1)N(Cc1ccc(Br)cc1)C(=O)CN(c1cccc(Cl)c1C)S(=O)(=O)c1ccccc1. The van der Waals surface area contributed by atoms with Gasteiger partial charge in [0.2, 0.25) is 11.8 Å². The highest BCUT2D eigenvalue weighted by molar-refractivity contribution is 9.10. The molecule has 0 saturated carbocycles. The molecule has 1 N–H and O–H groups in total. The van der Waals surface area contributed by atoms with Crippen LogP contribution in [0.15, 0.2) is 112 Å². The third-order valence-electron chi connectivity index (χ3n) is 7.01. The van der Waals surface area contributed by atoms with Gasteiger partial charge in [0, 0.05) is 29.0 Å². The van der Waals surface area contributed by atoms with Crippen molar-refractivity contribution in [3.05, 3.63) is 129 Å². The monoisotopic (exact) mass is 681 g/mol. The van der Waals surface area contributed by atoms with Gasteiger partial charge >= 0.3 is 0 Å². The smallest absolute Gasteiger partial charge is 0.264 e. The van der Waals surface area contributed by atoms with Gasteiger partial charge in [-0.2, -0.15) is 0 Å². The minimum Gasteiger partial charge on any atom is -0.355 e. The number of anilines is 1. The first kappa shape index (κ1) is 32.3. The van der Waals surface area contributed by atoms with Gasteiger partial charge in [-0.3, -0.25) is 13.9 Å². The van der Waals surface area contributed by atoms with E-state index in [4.69, 9.17) is 11.6 Å². The molecule has 224 valence electrons. The molecule has 0 unspecified atom stereocenters. The molecule has 10 heteroatoms. The molecule has 4 rings (SSSR count). The van der Waals surface area contributed by atoms with E-state index in [0.717, 1.165) is 19.9 Å². The second kappa shape index (κ2) is 14.7. The van der Waals surface area contributed by atoms with Gasteiger partial charge < -0.3 is 10.2 Å². The summed E-state index contributed by atoms with van der Waals surface area (Å²) in [7, 11) is -4.20. The largest absolute Gasteiger partial charge is 0.355 e. The van der Waals surface area contributed by atoms with E-state index in [1.807, 2.05) is 61.5 Å². The van der Waals surface area contributed by atoms with Crippen molar-refractivity contribution in [3.63, 3.8) is 0 Å². The predicted molar refractivity (Wildman–Crippen MR) is 174 cm³/mol. The summed E-state index contributed by atoms with van der Waals surface area (Å²) in [4.78, 5) is 29.5. The van der Waals surface area contributed by atoms with Crippen LogP contribution in [0.1, 0.15) is 23.6 Å². The molecule has 0 aliphatic rings. The van der Waals surface area contributed by atoms with E-state index in [2.05, 4.69) is 21.2 Å². The Labute approximate surface area is 266 Å². The normalized spacial score (nSPS) is 11.9. The van der Waals surface area contributed by atoms with E-state index in [1.54, 1.807) is 43.3 Å². The van der Waals surface area contributed by atoms with Crippen molar-refractivity contribution < 1.29 is 18.0 Å². The Bertz CT molecular complexity index is 1650. The van der Waals surface area contributed by atoms with Gasteiger partial charge in [-0.15, -0.1) is 0 Å². The number of amides is 2. The molecular formula is C33H33BrClN3O4S. The molecular weight excluding hydrogens is 650 g/mol. The second-order valence-electron chi connectivity index (χ2n) is 9.96. The number of nitrogens with one attached hydrogen (secondary N) is 1. The molecule has 4 aromatic carbocycles. The quantitative estimate of drug-likeness (QED) is 0.188. The number of nitrogens with zero attached hydrogens (tertiary/aromatic N) is 2. The second-order valence-corrected chi connectivity index (χ2v) is 13.1. The first-order chi connectivity index (χ1) is 20.6. The lowest BCUT2D eigenvalue weighted by atomic mass is 10.0. The van der Waals surface area contributed by atoms with E-state index in [1.165, 1.54) is 17.0 Å². The average molecular weight is 683 g/mol. The number of rotatable bonds is 12. The summed E-state index contributed by atoms with van der Waals surface area (Å²) in [6.45, 7) is 3.45. The number of carbonyl (C=O) groups is 2. The molecule has 0 bridgehead atoms. The van der Waals surface area contributed by atoms with Crippen LogP contribution < -0.4 is 9.62 Å². The molecule has 4 aromatic rings. The number of hydrogen-bond acceptors (Lipinski definition) is 4. The molecule has 0 radical (unpaired) electrons. The number of carbonyl (C=O) groups excluding carboxylic acids is 2. The number of hydrogen-bond donors (Lipinski definition) is 1. The molecule has 2 amide bonds. The Morgan fingerprint density at radius 2 is 1.49 bits per heavy atom. The Morgan fingerprint density at radius 3 is 2.12 bits per heavy atom. The number of halogens is 2. The van der Waals surface area contributed by atoms with Crippen LogP contribution in [0.4, 0.5) is 5.69 Å². The Kier molecular flexibility index (Phi) is 11.0. The summed E-state index contributed by atoms with van der Waals surface area (Å²) in [5.74, 6) is -0.859. The van der Waals surface area contributed by atoms with Crippen molar-refractivity contribution in [3.8, 4) is 0 Å². The molecule has 0 aliphatic heterocycles. The first-order valence-electron chi connectivity index (χ1n) is 13.8. The van der Waals surface area contributed by atoms with Crippen LogP contribution in [-0.4, -0.2) is 44.3 Å². The third-order valence-corrected chi connectivity index (χ3v) is 9.72. The van der Waals surface area contributed by atoms with Gasteiger partial charge in [0.1, 0.15) is 12.6 Å². The topological polar surface area (TPSA) is 86.8 Å². The molecule has 0 heterocycles. The lowest BCUT2D eigenvalue weighted by molar-refractivity contribution is -0.140. The molecule has 0 saturated heterocycles. The van der Waals surface area contributed by atoms with Crippen LogP contribution in [0.25, 0.3) is 0 Å². The Hall–Kier alpha value is -3.66. The van der Waals surface area contributed by atoms with E-state index >= 15 is 0 Å². The van der Waals surface area contributed by atoms with Crippen molar-refractivity contribution in [1.29, 1.82) is 0 Å². The van der Waals surface area contributed by atoms with Gasteiger partial charge in [0.05, 0.1) is 10.6 Å². The van der Waals surface area contributed by atoms with Gasteiger partial charge in [-0.05, 0) is 66.9 Å². The Morgan fingerprint density at radius 1 is 0.860 bits per heavy atom. The highest BCUT2D eigenvalue weighted by Gasteiger charge is 2.35. The predicted octanol–water partition coefficient (Wildman–Crippen LogP) is 6.38. The van der Waals surface area contributed by atoms with Crippen LogP contribution in [0.3, 0.4) is 0 Å². The van der Waals surface area contributed by atoms with Crippen molar-refractivity contribution in [2.75, 3.05) is 17.4 Å². The fraction of sp³-hybridized carbons (Fsp3) is 0.212. The standard InChI is InChI=1S/C33H33BrClN3O4S/c1-3-36-33(40)31(21-25-11-6-4-7-12-25)37(22-26-17-19-27(34)20-18-26)32(39)23-38(30-16-10-15-29(35)24(30)2)43(41,42)28-13-8-5-9-14-28/h4-20,31H,3,21-23H2,1-2H3,(H,36,40)/t31-/m1/s1. The zero-order valence-electron chi connectivity index (χ0n) is 23.9. The van der Waals surface area contributed by atoms with Crippen molar-refractivity contribution in [2.24, 2.45) is 0 Å². The third kappa shape index (κ3) is 8.04. The number of sulfonamides is 1. The van der Waals surface area contributed by atoms with Crippen molar-refractivity contribution in [2.45, 2.75) is 37.8 Å². The highest BCUT2D eigenvalue weighted by Crippen LogP contribution is 2.31. The van der Waals surface area contributed by atoms with Crippen LogP contribution in [-0.2, 0) is 32.6 Å². The molecule has 43 heavy (non-hydrogen) atoms. The summed E-state index contributed by atoms with van der Waals surface area (Å²) in [5.41, 5.74) is 2.45. The lowest BCUT2D eigenvalue weighted by Crippen LogP contribution is -2.53. The van der Waals surface area contributed by atoms with Crippen LogP contribution in [0.5, 0.6) is 0 Å². The first-order valence-corrected chi connectivity index (χ1v) is 16.4. The maximum Gasteiger partial charge on any atom is 0.264 e. The lowest BCUT2D eigenvalue weighted by Gasteiger charge is -2.34. The zero-order chi connectivity index (χ0) is 31.0. The Balaban J connectivity index is 1.81. The van der Waals surface area contributed by atoms with Crippen LogP contribution in [0.2, 0.25) is 5.02 Å². The van der Waals surface area contributed by atoms with Crippen LogP contribution in [0, 0.1) is 6.92 Å². The summed E-state index contributed by atoms with van der Waals surface area (Å²) < 4.78 is 30.1. The van der Waals surface area contributed by atoms with E-state index < -0.39 is 28.5 Å². The summed E-state index contributed by atoms with van der Waals surface area (Å²) in [5, 5.41) is 3.23. The zero-order valence-corrected chi connectivity index (χ0v) is 27.1. The molecule has 1 atom stereocenters. The summed E-state index contributed by atoms with van der Waals surface area (Å²) >= 11 is 9.86. The molecule has 0 fully saturated rings. The fourth-order valence-corrected chi connectivity index (χ4v) is 6.66. The number of benzene rings is 4. The number of likely N-dealkylation sites (N-methyl/N-ethyl adjacent to an activating group) is 1. The molecule has 0 aromatic heterocycles. The summed E-state index contributed by atoms with van der Waals surface area (Å²) in [6.07, 6.45) is 0.247. The maximum atomic E-state index is 14.4. The maximum absolute atomic E-state index is 14.4. The minimum absolute atomic E-state index is 0.0335. The van der Waals surface area contributed by atoms with Crippen LogP contribution >= 0.6 is 27.5 Å². The van der Waals surface area contributed by atoms with Crippen molar-refractivity contribution in [1.82, 2.24) is 10.2 Å². The van der Waals surface area contributed by atoms with Gasteiger partial charge in [0.15, 0.2) is 0 Å². The van der Waals surface area contributed by atoms with Crippen molar-refractivity contribution >= 4 is 55.1 Å².